The topological polar surface area (TPSA) is 75.7 Å². The number of carbonyl (C=O) groups excluding carboxylic acids is 1. The van der Waals surface area contributed by atoms with Gasteiger partial charge in [-0.05, 0) is 68.8 Å². The highest BCUT2D eigenvalue weighted by Gasteiger charge is 2.27. The molecule has 0 aromatic heterocycles. The number of sulfonamides is 1. The molecule has 1 N–H and O–H groups in total. The second-order valence-electron chi connectivity index (χ2n) is 6.27. The number of benzene rings is 2. The van der Waals surface area contributed by atoms with Gasteiger partial charge in [-0.2, -0.15) is 0 Å². The number of halogens is 1. The Kier molecular flexibility index (Phi) is 7.71. The average Bonchev–Trinajstić information content (AvgIpc) is 2.67. The fourth-order valence-electron chi connectivity index (χ4n) is 2.48. The zero-order valence-electron chi connectivity index (χ0n) is 16.2. The van der Waals surface area contributed by atoms with E-state index < -0.39 is 10.0 Å². The third-order valence-corrected chi connectivity index (χ3v) is 6.18. The fraction of sp³-hybridized carbons (Fsp3) is 0.350. The average molecular weight is 425 g/mol. The monoisotopic (exact) mass is 424 g/mol. The van der Waals surface area contributed by atoms with E-state index >= 15 is 0 Å². The van der Waals surface area contributed by atoms with Crippen LogP contribution in [0.3, 0.4) is 0 Å². The van der Waals surface area contributed by atoms with Gasteiger partial charge in [0.05, 0.1) is 17.2 Å². The molecule has 2 rings (SSSR count). The van der Waals surface area contributed by atoms with Gasteiger partial charge in [0, 0.05) is 11.1 Å². The molecule has 0 heterocycles. The standard InChI is InChI=1S/C20H25ClN2O4S/c1-4-15(3)22-20(24)14-23(17-8-10-18(11-9-17)27-5-2)28(25,26)19-12-6-16(21)7-13-19/h6-13,15H,4-5,14H2,1-3H3,(H,22,24). The van der Waals surface area contributed by atoms with Gasteiger partial charge in [0.15, 0.2) is 0 Å². The number of anilines is 1. The first kappa shape index (κ1) is 22.0. The first-order chi connectivity index (χ1) is 13.3. The minimum Gasteiger partial charge on any atom is -0.494 e. The van der Waals surface area contributed by atoms with Crippen LogP contribution < -0.4 is 14.4 Å². The molecule has 2 aromatic carbocycles. The summed E-state index contributed by atoms with van der Waals surface area (Å²) in [5, 5.41) is 3.23. The Morgan fingerprint density at radius 1 is 1.11 bits per heavy atom. The van der Waals surface area contributed by atoms with E-state index in [2.05, 4.69) is 5.32 Å². The highest BCUT2D eigenvalue weighted by Crippen LogP contribution is 2.26. The van der Waals surface area contributed by atoms with Crippen LogP contribution in [0.15, 0.2) is 53.4 Å². The zero-order valence-corrected chi connectivity index (χ0v) is 17.8. The highest BCUT2D eigenvalue weighted by molar-refractivity contribution is 7.92. The maximum atomic E-state index is 13.2. The number of rotatable bonds is 9. The van der Waals surface area contributed by atoms with Crippen molar-refractivity contribution < 1.29 is 17.9 Å². The number of carbonyl (C=O) groups is 1. The van der Waals surface area contributed by atoms with Crippen molar-refractivity contribution in [3.05, 3.63) is 53.6 Å². The summed E-state index contributed by atoms with van der Waals surface area (Å²) in [5.41, 5.74) is 0.373. The molecule has 0 saturated heterocycles. The van der Waals surface area contributed by atoms with Gasteiger partial charge in [-0.15, -0.1) is 0 Å². The lowest BCUT2D eigenvalue weighted by atomic mass is 10.2. The van der Waals surface area contributed by atoms with Crippen molar-refractivity contribution in [2.24, 2.45) is 0 Å². The van der Waals surface area contributed by atoms with Crippen molar-refractivity contribution in [2.45, 2.75) is 38.1 Å². The van der Waals surface area contributed by atoms with Crippen LogP contribution in [-0.2, 0) is 14.8 Å². The summed E-state index contributed by atoms with van der Waals surface area (Å²) in [7, 11) is -3.96. The fourth-order valence-corrected chi connectivity index (χ4v) is 4.02. The number of nitrogens with zero attached hydrogens (tertiary/aromatic N) is 1. The number of amides is 1. The molecule has 152 valence electrons. The summed E-state index contributed by atoms with van der Waals surface area (Å²) in [5.74, 6) is 0.250. The lowest BCUT2D eigenvalue weighted by Gasteiger charge is -2.25. The molecule has 0 fully saturated rings. The van der Waals surface area contributed by atoms with E-state index in [1.165, 1.54) is 24.3 Å². The molecule has 1 unspecified atom stereocenters. The summed E-state index contributed by atoms with van der Waals surface area (Å²) in [6, 6.07) is 12.4. The van der Waals surface area contributed by atoms with Crippen molar-refractivity contribution >= 4 is 33.2 Å². The predicted octanol–water partition coefficient (Wildman–Crippen LogP) is 3.85. The smallest absolute Gasteiger partial charge is 0.264 e. The second kappa shape index (κ2) is 9.80. The molecule has 2 aromatic rings. The third-order valence-electron chi connectivity index (χ3n) is 4.14. The number of hydrogen-bond donors (Lipinski definition) is 1. The molecular formula is C20H25ClN2O4S. The zero-order chi connectivity index (χ0) is 20.7. The van der Waals surface area contributed by atoms with Gasteiger partial charge in [-0.25, -0.2) is 8.42 Å². The normalized spacial score (nSPS) is 12.3. The molecule has 0 spiro atoms. The Bertz CT molecular complexity index is 883. The first-order valence-corrected chi connectivity index (χ1v) is 10.9. The molecule has 0 bridgehead atoms. The third kappa shape index (κ3) is 5.62. The maximum absolute atomic E-state index is 13.2. The van der Waals surface area contributed by atoms with Gasteiger partial charge in [-0.3, -0.25) is 9.10 Å². The largest absolute Gasteiger partial charge is 0.494 e. The summed E-state index contributed by atoms with van der Waals surface area (Å²) >= 11 is 5.88. The number of nitrogens with one attached hydrogen (secondary N) is 1. The Morgan fingerprint density at radius 2 is 1.71 bits per heavy atom. The Labute approximate surface area is 171 Å². The van der Waals surface area contributed by atoms with E-state index in [1.54, 1.807) is 24.3 Å². The van der Waals surface area contributed by atoms with Gasteiger partial charge >= 0.3 is 0 Å². The minimum absolute atomic E-state index is 0.0482. The van der Waals surface area contributed by atoms with E-state index in [4.69, 9.17) is 16.3 Å². The van der Waals surface area contributed by atoms with Crippen LogP contribution in [0.5, 0.6) is 5.75 Å². The van der Waals surface area contributed by atoms with Gasteiger partial charge < -0.3 is 10.1 Å². The van der Waals surface area contributed by atoms with Crippen molar-refractivity contribution in [2.75, 3.05) is 17.5 Å². The van der Waals surface area contributed by atoms with Gasteiger partial charge in [0.25, 0.3) is 10.0 Å². The molecule has 0 aliphatic rings. The van der Waals surface area contributed by atoms with E-state index in [0.717, 1.165) is 10.7 Å². The van der Waals surface area contributed by atoms with E-state index in [0.29, 0.717) is 23.1 Å². The molecule has 6 nitrogen and oxygen atoms in total. The van der Waals surface area contributed by atoms with Crippen molar-refractivity contribution in [3.63, 3.8) is 0 Å². The van der Waals surface area contributed by atoms with Gasteiger partial charge in [0.2, 0.25) is 5.91 Å². The van der Waals surface area contributed by atoms with Crippen LogP contribution in [-0.4, -0.2) is 33.5 Å². The van der Waals surface area contributed by atoms with Crippen LogP contribution in [0.1, 0.15) is 27.2 Å². The maximum Gasteiger partial charge on any atom is 0.264 e. The highest BCUT2D eigenvalue weighted by atomic mass is 35.5. The lowest BCUT2D eigenvalue weighted by Crippen LogP contribution is -2.43. The second-order valence-corrected chi connectivity index (χ2v) is 8.57. The predicted molar refractivity (Wildman–Crippen MR) is 111 cm³/mol. The molecular weight excluding hydrogens is 400 g/mol. The Hall–Kier alpha value is -2.25. The van der Waals surface area contributed by atoms with Crippen LogP contribution in [0.25, 0.3) is 0 Å². The lowest BCUT2D eigenvalue weighted by molar-refractivity contribution is -0.120. The molecule has 0 aliphatic heterocycles. The van der Waals surface area contributed by atoms with E-state index in [-0.39, 0.29) is 23.4 Å². The summed E-state index contributed by atoms with van der Waals surface area (Å²) in [6.45, 7) is 5.85. The van der Waals surface area contributed by atoms with E-state index in [9.17, 15) is 13.2 Å². The molecule has 1 amide bonds. The van der Waals surface area contributed by atoms with Crippen molar-refractivity contribution in [1.82, 2.24) is 5.32 Å². The molecule has 0 saturated carbocycles. The number of hydrogen-bond acceptors (Lipinski definition) is 4. The molecule has 8 heteroatoms. The van der Waals surface area contributed by atoms with Gasteiger partial charge in [-0.1, -0.05) is 18.5 Å². The van der Waals surface area contributed by atoms with Gasteiger partial charge in [0.1, 0.15) is 12.3 Å². The van der Waals surface area contributed by atoms with Crippen LogP contribution in [0.2, 0.25) is 5.02 Å². The van der Waals surface area contributed by atoms with Crippen LogP contribution in [0, 0.1) is 0 Å². The summed E-state index contributed by atoms with van der Waals surface area (Å²) in [4.78, 5) is 12.5. The minimum atomic E-state index is -3.96. The Morgan fingerprint density at radius 3 is 2.25 bits per heavy atom. The first-order valence-electron chi connectivity index (χ1n) is 9.08. The molecule has 0 radical (unpaired) electrons. The SMILES string of the molecule is CCOc1ccc(N(CC(=O)NC(C)CC)S(=O)(=O)c2ccc(Cl)cc2)cc1. The summed E-state index contributed by atoms with van der Waals surface area (Å²) < 4.78 is 32.9. The molecule has 0 aliphatic carbocycles. The summed E-state index contributed by atoms with van der Waals surface area (Å²) in [6.07, 6.45) is 0.749. The Balaban J connectivity index is 2.40. The van der Waals surface area contributed by atoms with Crippen LogP contribution >= 0.6 is 11.6 Å². The molecule has 28 heavy (non-hydrogen) atoms. The number of ether oxygens (including phenoxy) is 1. The molecule has 1 atom stereocenters. The van der Waals surface area contributed by atoms with Crippen LogP contribution in [0.4, 0.5) is 5.69 Å². The quantitative estimate of drug-likeness (QED) is 0.663. The van der Waals surface area contributed by atoms with E-state index in [1.807, 2.05) is 20.8 Å². The van der Waals surface area contributed by atoms with Crippen molar-refractivity contribution in [3.8, 4) is 5.75 Å². The van der Waals surface area contributed by atoms with Crippen molar-refractivity contribution in [1.29, 1.82) is 0 Å².